The summed E-state index contributed by atoms with van der Waals surface area (Å²) >= 11 is 0. The van der Waals surface area contributed by atoms with E-state index < -0.39 is 0 Å². The average Bonchev–Trinajstić information content (AvgIpc) is 2.59. The van der Waals surface area contributed by atoms with Gasteiger partial charge in [-0.3, -0.25) is 4.79 Å². The molecule has 0 unspecified atom stereocenters. The molecule has 1 aliphatic heterocycles. The van der Waals surface area contributed by atoms with Gasteiger partial charge in [-0.15, -0.1) is 0 Å². The quantitative estimate of drug-likeness (QED) is 0.828. The molecule has 0 saturated carbocycles. The second kappa shape index (κ2) is 4.47. The summed E-state index contributed by atoms with van der Waals surface area (Å²) < 4.78 is 0. The fourth-order valence-corrected chi connectivity index (χ4v) is 1.98. The molecule has 0 aromatic heterocycles. The van der Waals surface area contributed by atoms with Crippen molar-refractivity contribution in [3.63, 3.8) is 0 Å². The first-order chi connectivity index (χ1) is 7.70. The van der Waals surface area contributed by atoms with E-state index in [1.807, 2.05) is 12.1 Å². The fraction of sp³-hybridized carbons (Fsp3) is 0.385. The molecule has 1 saturated heterocycles. The summed E-state index contributed by atoms with van der Waals surface area (Å²) in [6, 6.07) is 8.07. The van der Waals surface area contributed by atoms with Crippen molar-refractivity contribution in [2.24, 2.45) is 0 Å². The first kappa shape index (κ1) is 10.9. The maximum Gasteiger partial charge on any atom is 0.233 e. The first-order valence-corrected chi connectivity index (χ1v) is 5.66. The third kappa shape index (κ3) is 2.13. The second-order valence-corrected chi connectivity index (χ2v) is 4.18. The Bertz CT molecular complexity index is 408. The van der Waals surface area contributed by atoms with Crippen molar-refractivity contribution in [1.82, 2.24) is 0 Å². The minimum absolute atomic E-state index is 0.0354. The Labute approximate surface area is 95.6 Å². The van der Waals surface area contributed by atoms with Gasteiger partial charge in [-0.2, -0.15) is 0 Å². The molecule has 0 atom stereocenters. The summed E-state index contributed by atoms with van der Waals surface area (Å²) in [5.41, 5.74) is 2.71. The van der Waals surface area contributed by atoms with Crippen LogP contribution in [0.1, 0.15) is 25.3 Å². The minimum Gasteiger partial charge on any atom is -0.307 e. The Kier molecular flexibility index (Phi) is 3.04. The SMILES string of the molecule is CCCc1ccc(N2CC(=N)CC2=O)cc1. The van der Waals surface area contributed by atoms with E-state index in [-0.39, 0.29) is 12.3 Å². The van der Waals surface area contributed by atoms with Crippen LogP contribution in [0.25, 0.3) is 0 Å². The molecule has 1 amide bonds. The lowest BCUT2D eigenvalue weighted by Gasteiger charge is -2.15. The number of hydrogen-bond acceptors (Lipinski definition) is 2. The number of carbonyl (C=O) groups excluding carboxylic acids is 1. The number of hydrogen-bond donors (Lipinski definition) is 1. The van der Waals surface area contributed by atoms with E-state index in [0.29, 0.717) is 12.3 Å². The molecule has 2 rings (SSSR count). The van der Waals surface area contributed by atoms with Gasteiger partial charge >= 0.3 is 0 Å². The third-order valence-electron chi connectivity index (χ3n) is 2.80. The van der Waals surface area contributed by atoms with Crippen LogP contribution in [-0.4, -0.2) is 18.2 Å². The van der Waals surface area contributed by atoms with E-state index >= 15 is 0 Å². The van der Waals surface area contributed by atoms with Crippen LogP contribution in [0, 0.1) is 5.41 Å². The Hall–Kier alpha value is -1.64. The van der Waals surface area contributed by atoms with Gasteiger partial charge in [-0.25, -0.2) is 0 Å². The van der Waals surface area contributed by atoms with Crippen molar-refractivity contribution in [2.45, 2.75) is 26.2 Å². The van der Waals surface area contributed by atoms with E-state index in [9.17, 15) is 4.79 Å². The summed E-state index contributed by atoms with van der Waals surface area (Å²) in [4.78, 5) is 13.3. The molecule has 1 fully saturated rings. The van der Waals surface area contributed by atoms with Crippen molar-refractivity contribution in [2.75, 3.05) is 11.4 Å². The van der Waals surface area contributed by atoms with Gasteiger partial charge in [0.2, 0.25) is 5.91 Å². The lowest BCUT2D eigenvalue weighted by Crippen LogP contribution is -2.24. The lowest BCUT2D eigenvalue weighted by molar-refractivity contribution is -0.116. The van der Waals surface area contributed by atoms with E-state index in [1.54, 1.807) is 4.90 Å². The zero-order valence-corrected chi connectivity index (χ0v) is 9.49. The van der Waals surface area contributed by atoms with Gasteiger partial charge in [0.25, 0.3) is 0 Å². The summed E-state index contributed by atoms with van der Waals surface area (Å²) in [6.07, 6.45) is 2.48. The Morgan fingerprint density at radius 1 is 1.31 bits per heavy atom. The van der Waals surface area contributed by atoms with Crippen LogP contribution in [0.2, 0.25) is 0 Å². The molecule has 0 spiro atoms. The van der Waals surface area contributed by atoms with Crippen molar-refractivity contribution >= 4 is 17.3 Å². The van der Waals surface area contributed by atoms with Crippen LogP contribution in [0.5, 0.6) is 0 Å². The smallest absolute Gasteiger partial charge is 0.233 e. The van der Waals surface area contributed by atoms with E-state index in [2.05, 4.69) is 19.1 Å². The predicted octanol–water partition coefficient (Wildman–Crippen LogP) is 2.40. The van der Waals surface area contributed by atoms with Gasteiger partial charge in [0.15, 0.2) is 0 Å². The van der Waals surface area contributed by atoms with Crippen LogP contribution in [0.4, 0.5) is 5.69 Å². The summed E-state index contributed by atoms with van der Waals surface area (Å²) in [5, 5.41) is 7.50. The Balaban J connectivity index is 2.15. The maximum absolute atomic E-state index is 11.6. The highest BCUT2D eigenvalue weighted by molar-refractivity contribution is 6.15. The second-order valence-electron chi connectivity index (χ2n) is 4.18. The number of anilines is 1. The average molecular weight is 216 g/mol. The largest absolute Gasteiger partial charge is 0.307 e. The van der Waals surface area contributed by atoms with Gasteiger partial charge < -0.3 is 10.3 Å². The van der Waals surface area contributed by atoms with Crippen molar-refractivity contribution in [1.29, 1.82) is 5.41 Å². The first-order valence-electron chi connectivity index (χ1n) is 5.66. The number of amides is 1. The molecule has 1 aliphatic rings. The predicted molar refractivity (Wildman–Crippen MR) is 65.1 cm³/mol. The summed E-state index contributed by atoms with van der Waals surface area (Å²) in [6.45, 7) is 2.60. The normalized spacial score (nSPS) is 15.9. The van der Waals surface area contributed by atoms with E-state index in [0.717, 1.165) is 18.5 Å². The fourth-order valence-electron chi connectivity index (χ4n) is 1.98. The van der Waals surface area contributed by atoms with Crippen LogP contribution >= 0.6 is 0 Å². The van der Waals surface area contributed by atoms with E-state index in [4.69, 9.17) is 5.41 Å². The van der Waals surface area contributed by atoms with Crippen molar-refractivity contribution in [3.05, 3.63) is 29.8 Å². The topological polar surface area (TPSA) is 44.2 Å². The Morgan fingerprint density at radius 2 is 2.00 bits per heavy atom. The Morgan fingerprint density at radius 3 is 2.50 bits per heavy atom. The number of nitrogens with zero attached hydrogens (tertiary/aromatic N) is 1. The van der Waals surface area contributed by atoms with Gasteiger partial charge in [-0.1, -0.05) is 25.5 Å². The van der Waals surface area contributed by atoms with Gasteiger partial charge in [0.05, 0.1) is 13.0 Å². The van der Waals surface area contributed by atoms with Crippen LogP contribution in [0.15, 0.2) is 24.3 Å². The molecule has 1 aromatic rings. The maximum atomic E-state index is 11.6. The number of rotatable bonds is 3. The number of carbonyl (C=O) groups is 1. The highest BCUT2D eigenvalue weighted by atomic mass is 16.2. The molecule has 1 heterocycles. The minimum atomic E-state index is 0.0354. The lowest BCUT2D eigenvalue weighted by atomic mass is 10.1. The zero-order chi connectivity index (χ0) is 11.5. The standard InChI is InChI=1S/C13H16N2O/c1-2-3-10-4-6-12(7-5-10)15-9-11(14)8-13(15)16/h4-7,14H,2-3,8-9H2,1H3. The van der Waals surface area contributed by atoms with E-state index in [1.165, 1.54) is 5.56 Å². The highest BCUT2D eigenvalue weighted by Gasteiger charge is 2.25. The zero-order valence-electron chi connectivity index (χ0n) is 9.49. The molecule has 3 heteroatoms. The number of benzene rings is 1. The molecule has 0 aliphatic carbocycles. The monoisotopic (exact) mass is 216 g/mol. The van der Waals surface area contributed by atoms with Crippen LogP contribution < -0.4 is 4.90 Å². The van der Waals surface area contributed by atoms with Crippen LogP contribution in [-0.2, 0) is 11.2 Å². The molecule has 0 bridgehead atoms. The highest BCUT2D eigenvalue weighted by Crippen LogP contribution is 2.20. The number of aryl methyl sites for hydroxylation is 1. The molecule has 0 radical (unpaired) electrons. The van der Waals surface area contributed by atoms with Crippen molar-refractivity contribution < 1.29 is 4.79 Å². The summed E-state index contributed by atoms with van der Waals surface area (Å²) in [7, 11) is 0. The molecular weight excluding hydrogens is 200 g/mol. The van der Waals surface area contributed by atoms with Gasteiger partial charge in [0, 0.05) is 11.4 Å². The van der Waals surface area contributed by atoms with Crippen molar-refractivity contribution in [3.8, 4) is 0 Å². The molecule has 3 nitrogen and oxygen atoms in total. The van der Waals surface area contributed by atoms with Gasteiger partial charge in [-0.05, 0) is 24.1 Å². The molecule has 1 N–H and O–H groups in total. The number of nitrogens with one attached hydrogen (secondary N) is 1. The molecule has 84 valence electrons. The molecular formula is C13H16N2O. The summed E-state index contributed by atoms with van der Waals surface area (Å²) in [5.74, 6) is 0.0354. The molecule has 16 heavy (non-hydrogen) atoms. The molecule has 1 aromatic carbocycles. The van der Waals surface area contributed by atoms with Gasteiger partial charge in [0.1, 0.15) is 0 Å². The van der Waals surface area contributed by atoms with Crippen LogP contribution in [0.3, 0.4) is 0 Å². The third-order valence-corrected chi connectivity index (χ3v) is 2.80.